The van der Waals surface area contributed by atoms with Gasteiger partial charge in [-0.05, 0) is 49.7 Å². The summed E-state index contributed by atoms with van der Waals surface area (Å²) in [6, 6.07) is 16.1. The highest BCUT2D eigenvalue weighted by atomic mass is 15.1. The predicted molar refractivity (Wildman–Crippen MR) is 75.3 cm³/mol. The van der Waals surface area contributed by atoms with Crippen molar-refractivity contribution in [2.75, 3.05) is 0 Å². The average molecular weight is 247 g/mol. The van der Waals surface area contributed by atoms with Crippen LogP contribution in [0.4, 0.5) is 0 Å². The molecule has 0 aliphatic carbocycles. The third kappa shape index (κ3) is 1.78. The molecule has 0 aliphatic heterocycles. The summed E-state index contributed by atoms with van der Waals surface area (Å²) < 4.78 is 2.11. The van der Waals surface area contributed by atoms with Gasteiger partial charge < -0.3 is 0 Å². The van der Waals surface area contributed by atoms with E-state index in [4.69, 9.17) is 5.26 Å². The van der Waals surface area contributed by atoms with Gasteiger partial charge in [-0.3, -0.25) is 4.57 Å². The number of imidazole rings is 1. The fourth-order valence-electron chi connectivity index (χ4n) is 2.38. The lowest BCUT2D eigenvalue weighted by Crippen LogP contribution is -1.98. The minimum Gasteiger partial charge on any atom is -0.297 e. The molecule has 3 rings (SSSR count). The Balaban J connectivity index is 2.28. The molecule has 1 heterocycles. The van der Waals surface area contributed by atoms with E-state index in [-0.39, 0.29) is 0 Å². The first-order valence-electron chi connectivity index (χ1n) is 6.16. The fourth-order valence-corrected chi connectivity index (χ4v) is 2.38. The Labute approximate surface area is 111 Å². The molecule has 0 spiro atoms. The smallest absolute Gasteiger partial charge is 0.111 e. The van der Waals surface area contributed by atoms with E-state index < -0.39 is 0 Å². The molecule has 92 valence electrons. The van der Waals surface area contributed by atoms with Crippen molar-refractivity contribution in [3.8, 4) is 11.8 Å². The maximum absolute atomic E-state index is 9.00. The number of fused-ring (bicyclic) bond motifs is 1. The van der Waals surface area contributed by atoms with Crippen LogP contribution in [0.3, 0.4) is 0 Å². The van der Waals surface area contributed by atoms with Crippen LogP contribution >= 0.6 is 0 Å². The lowest BCUT2D eigenvalue weighted by Gasteiger charge is -2.08. The average Bonchev–Trinajstić information content (AvgIpc) is 2.74. The molecular formula is C16H13N3. The third-order valence-corrected chi connectivity index (χ3v) is 3.32. The van der Waals surface area contributed by atoms with Crippen LogP contribution in [-0.4, -0.2) is 9.55 Å². The fraction of sp³-hybridized carbons (Fsp3) is 0.125. The number of benzene rings is 2. The molecule has 0 N–H and O–H groups in total. The molecule has 0 amide bonds. The zero-order valence-corrected chi connectivity index (χ0v) is 10.9. The first-order valence-corrected chi connectivity index (χ1v) is 6.16. The topological polar surface area (TPSA) is 41.6 Å². The molecule has 0 fully saturated rings. The third-order valence-electron chi connectivity index (χ3n) is 3.32. The molecule has 0 atom stereocenters. The molecule has 2 aromatic carbocycles. The van der Waals surface area contributed by atoms with Crippen molar-refractivity contribution in [3.05, 3.63) is 59.4 Å². The van der Waals surface area contributed by atoms with Crippen molar-refractivity contribution >= 4 is 11.0 Å². The Kier molecular flexibility index (Phi) is 2.57. The van der Waals surface area contributed by atoms with Crippen molar-refractivity contribution in [2.45, 2.75) is 13.8 Å². The van der Waals surface area contributed by atoms with Gasteiger partial charge in [0.25, 0.3) is 0 Å². The molecule has 3 nitrogen and oxygen atoms in total. The molecular weight excluding hydrogens is 234 g/mol. The monoisotopic (exact) mass is 247 g/mol. The van der Waals surface area contributed by atoms with Crippen LogP contribution < -0.4 is 0 Å². The Morgan fingerprint density at radius 3 is 2.63 bits per heavy atom. The summed E-state index contributed by atoms with van der Waals surface area (Å²) in [4.78, 5) is 4.56. The first-order chi connectivity index (χ1) is 9.20. The Bertz CT molecular complexity index is 806. The van der Waals surface area contributed by atoms with E-state index in [2.05, 4.69) is 21.7 Å². The lowest BCUT2D eigenvalue weighted by atomic mass is 10.1. The number of aryl methyl sites for hydroxylation is 2. The number of hydrogen-bond acceptors (Lipinski definition) is 2. The molecule has 0 unspecified atom stereocenters. The summed E-state index contributed by atoms with van der Waals surface area (Å²) in [6.07, 6.45) is 0. The van der Waals surface area contributed by atoms with Gasteiger partial charge in [-0.1, -0.05) is 12.1 Å². The van der Waals surface area contributed by atoms with Crippen LogP contribution in [0.2, 0.25) is 0 Å². The summed E-state index contributed by atoms with van der Waals surface area (Å²) >= 11 is 0. The van der Waals surface area contributed by atoms with E-state index in [0.717, 1.165) is 28.1 Å². The van der Waals surface area contributed by atoms with Gasteiger partial charge in [-0.2, -0.15) is 5.26 Å². The maximum Gasteiger partial charge on any atom is 0.111 e. The van der Waals surface area contributed by atoms with Gasteiger partial charge in [0.15, 0.2) is 0 Å². The summed E-state index contributed by atoms with van der Waals surface area (Å²) in [7, 11) is 0. The summed E-state index contributed by atoms with van der Waals surface area (Å²) in [6.45, 7) is 3.95. The zero-order valence-electron chi connectivity index (χ0n) is 10.9. The predicted octanol–water partition coefficient (Wildman–Crippen LogP) is 3.51. The number of hydrogen-bond donors (Lipinski definition) is 0. The molecule has 0 aliphatic rings. The molecule has 19 heavy (non-hydrogen) atoms. The number of nitriles is 1. The second-order valence-electron chi connectivity index (χ2n) is 4.59. The van der Waals surface area contributed by atoms with Crippen LogP contribution in [0.15, 0.2) is 42.5 Å². The van der Waals surface area contributed by atoms with Crippen molar-refractivity contribution in [1.29, 1.82) is 5.26 Å². The Hall–Kier alpha value is -2.60. The van der Waals surface area contributed by atoms with Gasteiger partial charge in [0, 0.05) is 5.69 Å². The highest BCUT2D eigenvalue weighted by Gasteiger charge is 2.09. The van der Waals surface area contributed by atoms with Crippen LogP contribution in [0, 0.1) is 25.2 Å². The van der Waals surface area contributed by atoms with Gasteiger partial charge in [0.2, 0.25) is 0 Å². The second-order valence-corrected chi connectivity index (χ2v) is 4.59. The van der Waals surface area contributed by atoms with Crippen LogP contribution in [0.1, 0.15) is 17.0 Å². The van der Waals surface area contributed by atoms with Crippen molar-refractivity contribution < 1.29 is 0 Å². The summed E-state index contributed by atoms with van der Waals surface area (Å²) in [5.41, 5.74) is 4.82. The van der Waals surface area contributed by atoms with E-state index in [0.29, 0.717) is 5.56 Å². The molecule has 0 saturated heterocycles. The quantitative estimate of drug-likeness (QED) is 0.660. The van der Waals surface area contributed by atoms with Gasteiger partial charge in [0.1, 0.15) is 5.82 Å². The van der Waals surface area contributed by atoms with E-state index in [1.807, 2.05) is 50.2 Å². The van der Waals surface area contributed by atoms with Gasteiger partial charge >= 0.3 is 0 Å². The summed E-state index contributed by atoms with van der Waals surface area (Å²) in [5.74, 6) is 0.949. The normalized spacial score (nSPS) is 10.6. The van der Waals surface area contributed by atoms with Crippen molar-refractivity contribution in [1.82, 2.24) is 9.55 Å². The largest absolute Gasteiger partial charge is 0.297 e. The molecule has 0 radical (unpaired) electrons. The van der Waals surface area contributed by atoms with Gasteiger partial charge in [-0.25, -0.2) is 4.98 Å². The van der Waals surface area contributed by atoms with Crippen LogP contribution in [0.5, 0.6) is 0 Å². The number of nitrogens with zero attached hydrogens (tertiary/aromatic N) is 3. The Morgan fingerprint density at radius 1 is 1.11 bits per heavy atom. The van der Waals surface area contributed by atoms with Crippen LogP contribution in [0.25, 0.3) is 16.7 Å². The maximum atomic E-state index is 9.00. The molecule has 0 saturated carbocycles. The van der Waals surface area contributed by atoms with E-state index in [1.165, 1.54) is 0 Å². The first kappa shape index (κ1) is 11.5. The van der Waals surface area contributed by atoms with Gasteiger partial charge in [0.05, 0.1) is 22.7 Å². The highest BCUT2D eigenvalue weighted by Crippen LogP contribution is 2.22. The number of rotatable bonds is 1. The molecule has 3 aromatic rings. The molecule has 3 heteroatoms. The molecule has 1 aromatic heterocycles. The minimum atomic E-state index is 0.714. The standard InChI is InChI=1S/C16H13N3/c1-11-9-14(8-7-13(11)10-17)19-12(2)18-15-5-3-4-6-16(15)19/h3-9H,1-2H3. The number of aromatic nitrogens is 2. The number of para-hydroxylation sites is 2. The zero-order chi connectivity index (χ0) is 13.4. The van der Waals surface area contributed by atoms with E-state index in [1.54, 1.807) is 0 Å². The SMILES string of the molecule is Cc1cc(-n2c(C)nc3ccccc32)ccc1C#N. The van der Waals surface area contributed by atoms with Gasteiger partial charge in [-0.15, -0.1) is 0 Å². The minimum absolute atomic E-state index is 0.714. The van der Waals surface area contributed by atoms with Crippen molar-refractivity contribution in [3.63, 3.8) is 0 Å². The van der Waals surface area contributed by atoms with E-state index >= 15 is 0 Å². The lowest BCUT2D eigenvalue weighted by molar-refractivity contribution is 0.998. The summed E-state index contributed by atoms with van der Waals surface area (Å²) in [5, 5.41) is 9.00. The van der Waals surface area contributed by atoms with E-state index in [9.17, 15) is 0 Å². The van der Waals surface area contributed by atoms with Crippen LogP contribution in [-0.2, 0) is 0 Å². The second kappa shape index (κ2) is 4.25. The molecule has 0 bridgehead atoms. The van der Waals surface area contributed by atoms with Crippen molar-refractivity contribution in [2.24, 2.45) is 0 Å². The highest BCUT2D eigenvalue weighted by molar-refractivity contribution is 5.78. The Morgan fingerprint density at radius 2 is 1.89 bits per heavy atom.